The average molecular weight is 1980 g/mol. The largest absolute Gasteiger partial charge is 0.494 e. The Morgan fingerprint density at radius 1 is 0.149 bits per heavy atom. The fourth-order valence-electron chi connectivity index (χ4n) is 15.7. The molecule has 0 heterocycles. The second-order valence-corrected chi connectivity index (χ2v) is 45.5. The number of unbranched alkanes of at least 4 members (excludes halogenated alkanes) is 11. The predicted molar refractivity (Wildman–Crippen MR) is 583 cm³/mol. The van der Waals surface area contributed by atoms with Crippen LogP contribution >= 0.6 is 0 Å². The van der Waals surface area contributed by atoms with Gasteiger partial charge < -0.3 is 4.74 Å². The molecule has 714 valence electrons. The minimum Gasteiger partial charge on any atom is -0.494 e. The van der Waals surface area contributed by atoms with E-state index in [-0.39, 0.29) is 89.4 Å². The number of rotatable bonds is 36. The number of ether oxygens (including phenoxy) is 1. The van der Waals surface area contributed by atoms with Crippen LogP contribution in [0.15, 0.2) is 579 Å². The molecule has 0 unspecified atom stereocenters. The van der Waals surface area contributed by atoms with E-state index in [4.69, 9.17) is 4.74 Å². The Hall–Kier alpha value is -12.6. The van der Waals surface area contributed by atoms with Gasteiger partial charge in [0.25, 0.3) is 0 Å². The molecular weight excluding hydrogens is 1860 g/mol. The Balaban J connectivity index is 0.000000143. The van der Waals surface area contributed by atoms with Crippen LogP contribution in [-0.4, -0.2) is 6.61 Å². The topological polar surface area (TPSA) is 9.23 Å². The molecule has 0 aliphatic carbocycles. The van der Waals surface area contributed by atoms with E-state index in [9.17, 15) is 26.3 Å². The number of benzene rings is 18. The lowest BCUT2D eigenvalue weighted by molar-refractivity contribution is 0.305. The van der Waals surface area contributed by atoms with Gasteiger partial charge in [-0.1, -0.05) is 279 Å². The molecule has 0 amide bonds. The molecule has 0 atom stereocenters. The Bertz CT molecular complexity index is 6140. The molecule has 0 fully saturated rings. The maximum absolute atomic E-state index is 13.2. The van der Waals surface area contributed by atoms with E-state index in [2.05, 4.69) is 300 Å². The zero-order valence-electron chi connectivity index (χ0n) is 80.4. The maximum atomic E-state index is 13.2. The maximum Gasteiger partial charge on any atom is 0.166 e. The van der Waals surface area contributed by atoms with Crippen molar-refractivity contribution in [2.24, 2.45) is 0 Å². The lowest BCUT2D eigenvalue weighted by Crippen LogP contribution is -2.05. The van der Waals surface area contributed by atoms with Gasteiger partial charge in [-0.15, -0.1) is 0 Å². The Morgan fingerprint density at radius 2 is 0.291 bits per heavy atom. The molecule has 1 nitrogen and oxygen atoms in total. The first-order valence-corrected chi connectivity index (χ1v) is 56.1. The molecule has 0 aromatic heterocycles. The molecule has 0 saturated heterocycles. The van der Waals surface area contributed by atoms with E-state index in [0.717, 1.165) is 53.0 Å². The van der Waals surface area contributed by atoms with Crippen molar-refractivity contribution in [1.29, 1.82) is 0 Å². The van der Waals surface area contributed by atoms with Crippen LogP contribution in [0.2, 0.25) is 0 Å². The Labute approximate surface area is 850 Å². The third-order valence-electron chi connectivity index (χ3n) is 22.9. The van der Waals surface area contributed by atoms with E-state index in [1.165, 1.54) is 234 Å². The van der Waals surface area contributed by atoms with Crippen LogP contribution in [0.5, 0.6) is 5.75 Å². The fraction of sp³-hybridized carbons (Fsp3) is 0.156. The molecule has 18 aromatic carbocycles. The van der Waals surface area contributed by atoms with Crippen molar-refractivity contribution in [3.8, 4) is 5.75 Å². The van der Waals surface area contributed by atoms with Crippen molar-refractivity contribution in [3.05, 3.63) is 537 Å². The third-order valence-corrected chi connectivity index (χ3v) is 36.3. The van der Waals surface area contributed by atoms with Crippen molar-refractivity contribution < 1.29 is 31.1 Å². The summed E-state index contributed by atoms with van der Waals surface area (Å²) in [4.78, 5) is 21.7. The van der Waals surface area contributed by atoms with E-state index in [1.807, 2.05) is 78.9 Å². The molecule has 0 saturated carbocycles. The summed E-state index contributed by atoms with van der Waals surface area (Å²) < 4.78 is 84.9. The van der Waals surface area contributed by atoms with Crippen molar-refractivity contribution in [3.63, 3.8) is 0 Å². The molecule has 18 rings (SSSR count). The van der Waals surface area contributed by atoms with Crippen molar-refractivity contribution >= 4 is 65.4 Å². The van der Waals surface area contributed by atoms with Gasteiger partial charge in [-0.3, -0.25) is 0 Å². The Morgan fingerprint density at radius 3 is 0.475 bits per heavy atom. The first-order chi connectivity index (χ1) is 69.4. The van der Waals surface area contributed by atoms with Gasteiger partial charge in [-0.05, 0) is 347 Å². The van der Waals surface area contributed by atoms with E-state index >= 15 is 0 Å². The molecule has 0 bridgehead atoms. The number of hydrogen-bond donors (Lipinski definition) is 0. The van der Waals surface area contributed by atoms with E-state index in [1.54, 1.807) is 60.7 Å². The van der Waals surface area contributed by atoms with Crippen LogP contribution in [-0.2, 0) is 78.2 Å². The minimum atomic E-state index is -0.539. The van der Waals surface area contributed by atoms with Crippen LogP contribution in [0, 0.1) is 34.9 Å². The highest BCUT2D eigenvalue weighted by Gasteiger charge is 2.35. The predicted octanol–water partition coefficient (Wildman–Crippen LogP) is 36.5. The monoisotopic (exact) mass is 1980 g/mol. The first kappa shape index (κ1) is 106. The summed E-state index contributed by atoms with van der Waals surface area (Å²) in [5, 5.41) is 0. The second kappa shape index (κ2) is 59.2. The van der Waals surface area contributed by atoms with Crippen molar-refractivity contribution in [2.75, 3.05) is 6.61 Å². The van der Waals surface area contributed by atoms with Gasteiger partial charge >= 0.3 is 0 Å². The van der Waals surface area contributed by atoms with Gasteiger partial charge in [-0.25, -0.2) is 26.3 Å². The third kappa shape index (κ3) is 34.1. The normalized spacial score (nSPS) is 10.9. The van der Waals surface area contributed by atoms with Crippen molar-refractivity contribution in [2.45, 2.75) is 212 Å². The molecule has 0 aliphatic heterocycles. The molecule has 13 heteroatoms. The number of halogens is 6. The first-order valence-electron chi connectivity index (χ1n) is 48.7. The summed E-state index contributed by atoms with van der Waals surface area (Å²) in [5.41, 5.74) is 2.93. The second-order valence-electron chi connectivity index (χ2n) is 33.4. The Kier molecular flexibility index (Phi) is 44.4. The molecule has 0 spiro atoms. The molecule has 141 heavy (non-hydrogen) atoms. The highest BCUT2D eigenvalue weighted by molar-refractivity contribution is 7.98. The fourth-order valence-corrected chi connectivity index (χ4v) is 28.2. The van der Waals surface area contributed by atoms with Gasteiger partial charge in [0.15, 0.2) is 88.1 Å². The van der Waals surface area contributed by atoms with Gasteiger partial charge in [-0.2, -0.15) is 0 Å². The number of aryl methyl sites for hydroxylation is 2. The van der Waals surface area contributed by atoms with Crippen LogP contribution in [0.4, 0.5) is 26.3 Å². The van der Waals surface area contributed by atoms with Gasteiger partial charge in [0.2, 0.25) is 0 Å². The summed E-state index contributed by atoms with van der Waals surface area (Å²) in [7, 11) is -1.25. The standard InChI is InChI=1S/C26H31S.C24H27OS.C24H27S.C18H12F3S.C18H13F2S.C18H14FS/c1-2-3-4-5-6-9-14-23-19-21-26(22-20-23)27(24-15-10-7-11-16-24)25-17-12-8-13-18-25;1-2-3-4-11-20-25-21-16-18-24(19-17-21)26(22-12-7-5-8-13-22)23-14-9-6-10-15-23;1-2-3-4-7-12-21-17-19-24(20-18-21)25(22-13-8-5-9-14-22)23-15-10-6-11-16-23;19-13-1-7-16(8-2-13)22(17-9-3-14(20)4-10-17)18-11-5-15(21)6-12-18;19-14-6-10-17(11-7-14)21(16-4-2-1-3-5-16)18-12-8-15(20)9-13-18;19-15-11-13-18(14-12-15)20(16-7-3-1-4-8-16)17-9-5-2-6-10-17/h7-8,10-13,15-22H,2-6,9,14H2,1H3;5-10,12-19H,2-4,11,20H2,1H3;5-6,8-11,13-20H,2-4,7,12H2,1H3;1-12H;1-13H;1-14H/q6*+1. The summed E-state index contributed by atoms with van der Waals surface area (Å²) >= 11 is 0. The molecule has 0 radical (unpaired) electrons. The van der Waals surface area contributed by atoms with Gasteiger partial charge in [0, 0.05) is 0 Å². The highest BCUT2D eigenvalue weighted by atomic mass is 32.2. The lowest BCUT2D eigenvalue weighted by atomic mass is 10.1. The van der Waals surface area contributed by atoms with Crippen LogP contribution in [0.3, 0.4) is 0 Å². The summed E-state index contributed by atoms with van der Waals surface area (Å²) in [6, 6.07) is 161. The molecule has 0 aliphatic rings. The molecular formula is C128H124F6OS6+6. The van der Waals surface area contributed by atoms with Crippen LogP contribution in [0.25, 0.3) is 0 Å². The SMILES string of the molecule is CCCCCCCCc1ccc([S+](c2ccccc2)c2ccccc2)cc1.CCCCCCOc1ccc([S+](c2ccccc2)c2ccccc2)cc1.CCCCCCc1ccc([S+](c2ccccc2)c2ccccc2)cc1.Fc1ccc([S+](c2ccc(F)cc2)c2ccc(F)cc2)cc1.Fc1ccc([S+](c2ccccc2)c2ccc(F)cc2)cc1.Fc1ccc([S+](c2ccccc2)c2ccccc2)cc1. The molecule has 18 aromatic rings. The zero-order chi connectivity index (χ0) is 98.1. The van der Waals surface area contributed by atoms with E-state index < -0.39 is 10.9 Å². The quantitative estimate of drug-likeness (QED) is 0.0216. The summed E-state index contributed by atoms with van der Waals surface area (Å²) in [5.74, 6) is -0.682. The summed E-state index contributed by atoms with van der Waals surface area (Å²) in [6.07, 6.45) is 20.8. The highest BCUT2D eigenvalue weighted by Crippen LogP contribution is 2.39. The van der Waals surface area contributed by atoms with Gasteiger partial charge in [0.1, 0.15) is 40.7 Å². The van der Waals surface area contributed by atoms with Crippen LogP contribution < -0.4 is 4.74 Å². The van der Waals surface area contributed by atoms with Gasteiger partial charge in [0.05, 0.1) is 72.0 Å². The summed E-state index contributed by atoms with van der Waals surface area (Å²) in [6.45, 7) is 7.59. The van der Waals surface area contributed by atoms with Crippen molar-refractivity contribution in [1.82, 2.24) is 0 Å². The lowest BCUT2D eigenvalue weighted by Gasteiger charge is -2.09. The van der Waals surface area contributed by atoms with E-state index in [0.29, 0.717) is 0 Å². The zero-order valence-corrected chi connectivity index (χ0v) is 85.3. The molecule has 0 N–H and O–H groups in total. The average Bonchev–Trinajstić information content (AvgIpc) is 0.834. The smallest absolute Gasteiger partial charge is 0.166 e. The van der Waals surface area contributed by atoms with Crippen LogP contribution in [0.1, 0.15) is 122 Å². The minimum absolute atomic E-state index is 0.0317. The number of hydrogen-bond acceptors (Lipinski definition) is 1.